The van der Waals surface area contributed by atoms with Crippen molar-refractivity contribution in [2.75, 3.05) is 17.2 Å². The zero-order valence-corrected chi connectivity index (χ0v) is 17.3. The minimum atomic E-state index is -0.675. The summed E-state index contributed by atoms with van der Waals surface area (Å²) in [5, 5.41) is 7.73. The Labute approximate surface area is 175 Å². The van der Waals surface area contributed by atoms with Crippen molar-refractivity contribution in [3.05, 3.63) is 59.9 Å². The van der Waals surface area contributed by atoms with Crippen LogP contribution >= 0.6 is 0 Å². The smallest absolute Gasteiger partial charge is 0.408 e. The predicted octanol–water partition coefficient (Wildman–Crippen LogP) is 3.86. The molecule has 0 aliphatic rings. The van der Waals surface area contributed by atoms with E-state index in [0.717, 1.165) is 0 Å². The Morgan fingerprint density at radius 3 is 2.03 bits per heavy atom. The molecule has 30 heavy (non-hydrogen) atoms. The molecule has 0 radical (unpaired) electrons. The summed E-state index contributed by atoms with van der Waals surface area (Å²) in [6, 6.07) is 12.9. The fraction of sp³-hybridized carbons (Fsp3) is 0.318. The number of aryl methyl sites for hydroxylation is 1. The van der Waals surface area contributed by atoms with Crippen LogP contribution in [0.1, 0.15) is 32.8 Å². The van der Waals surface area contributed by atoms with Gasteiger partial charge in [0, 0.05) is 17.8 Å². The highest BCUT2D eigenvalue weighted by molar-refractivity contribution is 5.94. The SMILES string of the molecule is CC(C)(C)OC(=O)NCC(=O)Nc1ccc(NC(=O)CCc2ccccc2F)cc1. The molecule has 0 heterocycles. The van der Waals surface area contributed by atoms with Crippen LogP contribution in [-0.4, -0.2) is 30.1 Å². The highest BCUT2D eigenvalue weighted by Crippen LogP contribution is 2.15. The molecule has 160 valence electrons. The number of anilines is 2. The summed E-state index contributed by atoms with van der Waals surface area (Å²) in [7, 11) is 0. The second-order valence-electron chi connectivity index (χ2n) is 7.62. The molecule has 2 aromatic carbocycles. The summed E-state index contributed by atoms with van der Waals surface area (Å²) in [4.78, 5) is 35.5. The Balaban J connectivity index is 1.76. The lowest BCUT2D eigenvalue weighted by Gasteiger charge is -2.19. The first-order valence-electron chi connectivity index (χ1n) is 9.52. The van der Waals surface area contributed by atoms with Crippen LogP contribution in [0.15, 0.2) is 48.5 Å². The van der Waals surface area contributed by atoms with Gasteiger partial charge in [0.1, 0.15) is 18.0 Å². The molecule has 3 amide bonds. The van der Waals surface area contributed by atoms with E-state index in [9.17, 15) is 18.8 Å². The topological polar surface area (TPSA) is 96.5 Å². The lowest BCUT2D eigenvalue weighted by Crippen LogP contribution is -2.37. The zero-order valence-electron chi connectivity index (χ0n) is 17.3. The molecule has 0 saturated carbocycles. The van der Waals surface area contributed by atoms with Gasteiger partial charge in [-0.15, -0.1) is 0 Å². The van der Waals surface area contributed by atoms with Crippen molar-refractivity contribution in [3.63, 3.8) is 0 Å². The fourth-order valence-corrected chi connectivity index (χ4v) is 2.48. The van der Waals surface area contributed by atoms with E-state index in [2.05, 4.69) is 16.0 Å². The first-order valence-corrected chi connectivity index (χ1v) is 9.52. The molecule has 0 aliphatic heterocycles. The van der Waals surface area contributed by atoms with E-state index in [1.165, 1.54) is 6.07 Å². The Kier molecular flexibility index (Phi) is 7.91. The number of carbonyl (C=O) groups excluding carboxylic acids is 3. The van der Waals surface area contributed by atoms with Crippen LogP contribution in [-0.2, 0) is 20.7 Å². The van der Waals surface area contributed by atoms with Gasteiger partial charge in [-0.1, -0.05) is 18.2 Å². The molecule has 2 rings (SSSR count). The van der Waals surface area contributed by atoms with Gasteiger partial charge in [-0.3, -0.25) is 9.59 Å². The van der Waals surface area contributed by atoms with Crippen molar-refractivity contribution < 1.29 is 23.5 Å². The Hall–Kier alpha value is -3.42. The standard InChI is InChI=1S/C22H26FN3O4/c1-22(2,3)30-21(29)24-14-20(28)26-17-11-9-16(10-12-17)25-19(27)13-8-15-6-4-5-7-18(15)23/h4-7,9-12H,8,13-14H2,1-3H3,(H,24,29)(H,25,27)(H,26,28). The summed E-state index contributed by atoms with van der Waals surface area (Å²) in [6.07, 6.45) is -0.223. The van der Waals surface area contributed by atoms with Gasteiger partial charge in [0.05, 0.1) is 0 Å². The molecule has 0 spiro atoms. The van der Waals surface area contributed by atoms with Crippen molar-refractivity contribution >= 4 is 29.3 Å². The van der Waals surface area contributed by atoms with Crippen molar-refractivity contribution in [2.24, 2.45) is 0 Å². The van der Waals surface area contributed by atoms with Gasteiger partial charge in [-0.2, -0.15) is 0 Å². The number of amides is 3. The van der Waals surface area contributed by atoms with Crippen LogP contribution in [0.5, 0.6) is 0 Å². The lowest BCUT2D eigenvalue weighted by atomic mass is 10.1. The number of benzene rings is 2. The van der Waals surface area contributed by atoms with Gasteiger partial charge in [0.25, 0.3) is 0 Å². The predicted molar refractivity (Wildman–Crippen MR) is 113 cm³/mol. The van der Waals surface area contributed by atoms with Crippen molar-refractivity contribution in [2.45, 2.75) is 39.2 Å². The molecule has 0 saturated heterocycles. The number of hydrogen-bond donors (Lipinski definition) is 3. The first kappa shape index (κ1) is 22.9. The Bertz CT molecular complexity index is 892. The largest absolute Gasteiger partial charge is 0.444 e. The van der Waals surface area contributed by atoms with Crippen molar-refractivity contribution in [3.8, 4) is 0 Å². The van der Waals surface area contributed by atoms with E-state index in [-0.39, 0.29) is 24.7 Å². The maximum Gasteiger partial charge on any atom is 0.408 e. The van der Waals surface area contributed by atoms with Crippen LogP contribution in [0.4, 0.5) is 20.6 Å². The summed E-state index contributed by atoms with van der Waals surface area (Å²) in [5.41, 5.74) is 0.912. The second kappa shape index (κ2) is 10.4. The minimum absolute atomic E-state index is 0.149. The van der Waals surface area contributed by atoms with Gasteiger partial charge < -0.3 is 20.7 Å². The van der Waals surface area contributed by atoms with Gasteiger partial charge in [-0.25, -0.2) is 9.18 Å². The normalized spacial score (nSPS) is 10.8. The Morgan fingerprint density at radius 2 is 1.47 bits per heavy atom. The molecular formula is C22H26FN3O4. The van der Waals surface area contributed by atoms with Crippen LogP contribution in [0.3, 0.4) is 0 Å². The molecule has 0 aliphatic carbocycles. The van der Waals surface area contributed by atoms with Gasteiger partial charge in [0.2, 0.25) is 11.8 Å². The molecule has 7 nitrogen and oxygen atoms in total. The molecule has 0 bridgehead atoms. The second-order valence-corrected chi connectivity index (χ2v) is 7.62. The molecule has 3 N–H and O–H groups in total. The number of carbonyl (C=O) groups is 3. The van der Waals surface area contributed by atoms with Crippen molar-refractivity contribution in [1.29, 1.82) is 0 Å². The number of halogens is 1. The number of alkyl carbamates (subject to hydrolysis) is 1. The van der Waals surface area contributed by atoms with E-state index < -0.39 is 17.6 Å². The van der Waals surface area contributed by atoms with E-state index in [4.69, 9.17) is 4.74 Å². The highest BCUT2D eigenvalue weighted by Gasteiger charge is 2.16. The number of nitrogens with one attached hydrogen (secondary N) is 3. The summed E-state index contributed by atoms with van der Waals surface area (Å²) < 4.78 is 18.6. The molecule has 0 unspecified atom stereocenters. The van der Waals surface area contributed by atoms with Crippen LogP contribution in [0.25, 0.3) is 0 Å². The van der Waals surface area contributed by atoms with E-state index >= 15 is 0 Å². The van der Waals surface area contributed by atoms with Crippen LogP contribution in [0, 0.1) is 5.82 Å². The monoisotopic (exact) mass is 415 g/mol. The van der Waals surface area contributed by atoms with Crippen LogP contribution in [0.2, 0.25) is 0 Å². The Morgan fingerprint density at radius 1 is 0.900 bits per heavy atom. The maximum atomic E-state index is 13.6. The number of rotatable bonds is 7. The zero-order chi connectivity index (χ0) is 22.1. The molecule has 2 aromatic rings. The van der Waals surface area contributed by atoms with Gasteiger partial charge >= 0.3 is 6.09 Å². The molecule has 0 aromatic heterocycles. The molecule has 0 fully saturated rings. The quantitative estimate of drug-likeness (QED) is 0.640. The average molecular weight is 415 g/mol. The summed E-state index contributed by atoms with van der Waals surface area (Å²) >= 11 is 0. The number of ether oxygens (including phenoxy) is 1. The van der Waals surface area contributed by atoms with Crippen molar-refractivity contribution in [1.82, 2.24) is 5.32 Å². The molecular weight excluding hydrogens is 389 g/mol. The summed E-state index contributed by atoms with van der Waals surface area (Å²) in [5.74, 6) is -0.981. The molecule has 0 atom stereocenters. The van der Waals surface area contributed by atoms with E-state index in [1.807, 2.05) is 0 Å². The number of hydrogen-bond acceptors (Lipinski definition) is 4. The van der Waals surface area contributed by atoms with E-state index in [1.54, 1.807) is 63.2 Å². The average Bonchev–Trinajstić information content (AvgIpc) is 2.66. The highest BCUT2D eigenvalue weighted by atomic mass is 19.1. The third-order valence-electron chi connectivity index (χ3n) is 3.82. The van der Waals surface area contributed by atoms with Gasteiger partial charge in [0.15, 0.2) is 0 Å². The van der Waals surface area contributed by atoms with Crippen LogP contribution < -0.4 is 16.0 Å². The fourth-order valence-electron chi connectivity index (χ4n) is 2.48. The van der Waals surface area contributed by atoms with E-state index in [0.29, 0.717) is 23.4 Å². The first-order chi connectivity index (χ1) is 14.1. The molecule has 8 heteroatoms. The third-order valence-corrected chi connectivity index (χ3v) is 3.82. The maximum absolute atomic E-state index is 13.6. The lowest BCUT2D eigenvalue weighted by molar-refractivity contribution is -0.116. The third kappa shape index (κ3) is 8.30. The minimum Gasteiger partial charge on any atom is -0.444 e. The van der Waals surface area contributed by atoms with Gasteiger partial charge in [-0.05, 0) is 63.1 Å². The summed E-state index contributed by atoms with van der Waals surface area (Å²) in [6.45, 7) is 4.95.